The van der Waals surface area contributed by atoms with E-state index in [1.54, 1.807) is 25.0 Å². The first-order valence-electron chi connectivity index (χ1n) is 15.0. The van der Waals surface area contributed by atoms with Crippen molar-refractivity contribution >= 4 is 17.5 Å². The number of rotatable bonds is 11. The van der Waals surface area contributed by atoms with Gasteiger partial charge in [-0.1, -0.05) is 32.8 Å². The SMILES string of the molecule is CCCCOC[C@H]1C2=C(C=C3C4c5c(cc(C)c(OC)c5OCCCC)CC(C(=O)N31)N4C)C(=O)C(C)=C(OC)C2=O. The molecular weight excluding hydrogens is 536 g/mol. The van der Waals surface area contributed by atoms with E-state index >= 15 is 0 Å². The number of nitrogens with zero attached hydrogens (tertiary/aromatic N) is 2. The van der Waals surface area contributed by atoms with E-state index in [2.05, 4.69) is 24.8 Å². The second-order valence-corrected chi connectivity index (χ2v) is 11.5. The molecule has 1 aromatic rings. The van der Waals surface area contributed by atoms with Gasteiger partial charge in [0.15, 0.2) is 23.0 Å². The van der Waals surface area contributed by atoms with E-state index in [0.29, 0.717) is 42.4 Å². The lowest BCUT2D eigenvalue weighted by atomic mass is 9.75. The van der Waals surface area contributed by atoms with E-state index < -0.39 is 18.1 Å². The highest BCUT2D eigenvalue weighted by molar-refractivity contribution is 6.26. The number of fused-ring (bicyclic) bond motifs is 6. The van der Waals surface area contributed by atoms with E-state index in [0.717, 1.165) is 42.4 Å². The lowest BCUT2D eigenvalue weighted by Crippen LogP contribution is -2.63. The normalized spacial score (nSPS) is 23.5. The number of methoxy groups -OCH3 is 2. The van der Waals surface area contributed by atoms with Crippen LogP contribution in [0, 0.1) is 6.92 Å². The summed E-state index contributed by atoms with van der Waals surface area (Å²) in [6.45, 7) is 8.91. The summed E-state index contributed by atoms with van der Waals surface area (Å²) in [6, 6.07) is 0.482. The molecule has 1 saturated heterocycles. The summed E-state index contributed by atoms with van der Waals surface area (Å²) in [7, 11) is 4.97. The molecule has 42 heavy (non-hydrogen) atoms. The van der Waals surface area contributed by atoms with Crippen LogP contribution in [0.2, 0.25) is 0 Å². The van der Waals surface area contributed by atoms with Crippen molar-refractivity contribution in [3.05, 3.63) is 57.0 Å². The number of carbonyl (C=O) groups is 3. The molecule has 1 fully saturated rings. The van der Waals surface area contributed by atoms with Crippen LogP contribution in [-0.2, 0) is 30.3 Å². The Morgan fingerprint density at radius 1 is 0.952 bits per heavy atom. The van der Waals surface area contributed by atoms with Crippen LogP contribution in [0.3, 0.4) is 0 Å². The van der Waals surface area contributed by atoms with Gasteiger partial charge >= 0.3 is 0 Å². The predicted molar refractivity (Wildman–Crippen MR) is 157 cm³/mol. The molecule has 0 saturated carbocycles. The quantitative estimate of drug-likeness (QED) is 0.282. The second-order valence-electron chi connectivity index (χ2n) is 11.5. The maximum Gasteiger partial charge on any atom is 0.245 e. The van der Waals surface area contributed by atoms with Crippen LogP contribution in [0.15, 0.2) is 40.3 Å². The number of ether oxygens (including phenoxy) is 4. The Kier molecular flexibility index (Phi) is 8.62. The molecule has 4 aliphatic rings. The fourth-order valence-corrected chi connectivity index (χ4v) is 6.73. The fourth-order valence-electron chi connectivity index (χ4n) is 6.73. The molecule has 3 atom stereocenters. The van der Waals surface area contributed by atoms with Gasteiger partial charge in [-0.15, -0.1) is 0 Å². The molecule has 0 aromatic heterocycles. The molecule has 9 heteroatoms. The largest absolute Gasteiger partial charge is 0.493 e. The summed E-state index contributed by atoms with van der Waals surface area (Å²) >= 11 is 0. The Morgan fingerprint density at radius 2 is 1.67 bits per heavy atom. The van der Waals surface area contributed by atoms with E-state index in [1.807, 2.05) is 14.0 Å². The molecule has 2 unspecified atom stereocenters. The van der Waals surface area contributed by atoms with Crippen LogP contribution in [0.4, 0.5) is 0 Å². The number of benzene rings is 1. The first-order chi connectivity index (χ1) is 20.2. The molecule has 5 rings (SSSR count). The third-order valence-corrected chi connectivity index (χ3v) is 8.89. The minimum Gasteiger partial charge on any atom is -0.493 e. The number of carbonyl (C=O) groups excluding carboxylic acids is 3. The second kappa shape index (κ2) is 12.1. The molecule has 2 bridgehead atoms. The average Bonchev–Trinajstić information content (AvgIpc) is 2.96. The van der Waals surface area contributed by atoms with Crippen LogP contribution in [0.25, 0.3) is 0 Å². The van der Waals surface area contributed by atoms with Crippen molar-refractivity contribution < 1.29 is 33.3 Å². The number of hydrogen-bond donors (Lipinski definition) is 0. The zero-order chi connectivity index (χ0) is 30.3. The maximum absolute atomic E-state index is 14.3. The van der Waals surface area contributed by atoms with E-state index in [-0.39, 0.29) is 41.0 Å². The molecule has 0 radical (unpaired) electrons. The highest BCUT2D eigenvalue weighted by Crippen LogP contribution is 2.53. The zero-order valence-corrected chi connectivity index (χ0v) is 25.8. The average molecular weight is 579 g/mol. The summed E-state index contributed by atoms with van der Waals surface area (Å²) in [5, 5.41) is 0. The summed E-state index contributed by atoms with van der Waals surface area (Å²) in [5.74, 6) is 0.597. The Hall–Kier alpha value is -3.43. The molecular formula is C33H42N2O7. The Morgan fingerprint density at radius 3 is 2.33 bits per heavy atom. The molecule has 3 aliphatic heterocycles. The van der Waals surface area contributed by atoms with Crippen LogP contribution in [0.5, 0.6) is 11.5 Å². The lowest BCUT2D eigenvalue weighted by Gasteiger charge is -2.53. The molecule has 9 nitrogen and oxygen atoms in total. The smallest absolute Gasteiger partial charge is 0.245 e. The third-order valence-electron chi connectivity index (χ3n) is 8.89. The van der Waals surface area contributed by atoms with E-state index in [4.69, 9.17) is 18.9 Å². The van der Waals surface area contributed by atoms with Crippen molar-refractivity contribution in [2.24, 2.45) is 0 Å². The van der Waals surface area contributed by atoms with Crippen molar-refractivity contribution in [3.63, 3.8) is 0 Å². The van der Waals surface area contributed by atoms with Gasteiger partial charge in [-0.25, -0.2) is 0 Å². The topological polar surface area (TPSA) is 94.6 Å². The summed E-state index contributed by atoms with van der Waals surface area (Å²) in [5.41, 5.74) is 4.37. The van der Waals surface area contributed by atoms with E-state index in [1.165, 1.54) is 7.11 Å². The predicted octanol–water partition coefficient (Wildman–Crippen LogP) is 4.37. The Bertz CT molecular complexity index is 1410. The number of ketones is 2. The van der Waals surface area contributed by atoms with Crippen molar-refractivity contribution in [1.29, 1.82) is 0 Å². The molecule has 3 heterocycles. The number of unbranched alkanes of at least 4 members (excludes halogenated alkanes) is 2. The number of hydrogen-bond acceptors (Lipinski definition) is 8. The van der Waals surface area contributed by atoms with Crippen molar-refractivity contribution in [2.75, 3.05) is 41.1 Å². The van der Waals surface area contributed by atoms with Gasteiger partial charge in [-0.2, -0.15) is 0 Å². The van der Waals surface area contributed by atoms with Crippen molar-refractivity contribution in [3.8, 4) is 11.5 Å². The highest BCUT2D eigenvalue weighted by atomic mass is 16.5. The monoisotopic (exact) mass is 578 g/mol. The van der Waals surface area contributed by atoms with Crippen LogP contribution in [0.1, 0.15) is 69.2 Å². The number of amides is 1. The van der Waals surface area contributed by atoms with Gasteiger partial charge in [-0.05, 0) is 57.4 Å². The minimum absolute atomic E-state index is 0.0214. The first-order valence-corrected chi connectivity index (χ1v) is 15.0. The molecule has 1 aliphatic carbocycles. The summed E-state index contributed by atoms with van der Waals surface area (Å²) in [4.78, 5) is 45.7. The lowest BCUT2D eigenvalue weighted by molar-refractivity contribution is -0.144. The standard InChI is InChI=1S/C33H42N2O7/c1-8-10-12-41-17-24-26-21(28(36)19(4)31(40-7)29(26)37)16-22-27-25-20(15-23(34(27)5)33(38)35(22)24)14-18(3)30(39-6)32(25)42-13-11-9-2/h14,16,23-24,27H,8-13,15,17H2,1-7H3/t23?,24-,27?/m0/s1. The number of allylic oxidation sites excluding steroid dienone is 4. The van der Waals surface area contributed by atoms with Crippen LogP contribution in [-0.4, -0.2) is 80.4 Å². The fraction of sp³-hybridized carbons (Fsp3) is 0.545. The van der Waals surface area contributed by atoms with Gasteiger partial charge in [0.25, 0.3) is 0 Å². The molecule has 1 amide bonds. The number of likely N-dealkylation sites (N-methyl/N-ethyl adjacent to an activating group) is 1. The van der Waals surface area contributed by atoms with Gasteiger partial charge < -0.3 is 23.8 Å². The van der Waals surface area contributed by atoms with Crippen molar-refractivity contribution in [2.45, 2.75) is 77.9 Å². The minimum atomic E-state index is -0.754. The Balaban J connectivity index is 1.72. The first kappa shape index (κ1) is 30.0. The molecule has 0 spiro atoms. The maximum atomic E-state index is 14.3. The van der Waals surface area contributed by atoms with Gasteiger partial charge in [-0.3, -0.25) is 19.3 Å². The summed E-state index contributed by atoms with van der Waals surface area (Å²) < 4.78 is 23.8. The van der Waals surface area contributed by atoms with Crippen LogP contribution < -0.4 is 9.47 Å². The van der Waals surface area contributed by atoms with E-state index in [9.17, 15) is 14.4 Å². The van der Waals surface area contributed by atoms with Crippen LogP contribution >= 0.6 is 0 Å². The van der Waals surface area contributed by atoms with Crippen molar-refractivity contribution in [1.82, 2.24) is 9.80 Å². The van der Waals surface area contributed by atoms with Gasteiger partial charge in [0.05, 0.1) is 45.6 Å². The third kappa shape index (κ3) is 4.67. The highest BCUT2D eigenvalue weighted by Gasteiger charge is 2.54. The molecule has 226 valence electrons. The van der Waals surface area contributed by atoms with Gasteiger partial charge in [0, 0.05) is 34.6 Å². The zero-order valence-electron chi connectivity index (χ0n) is 25.8. The Labute approximate surface area is 248 Å². The van der Waals surface area contributed by atoms with Gasteiger partial charge in [0.2, 0.25) is 11.7 Å². The molecule has 0 N–H and O–H groups in total. The summed E-state index contributed by atoms with van der Waals surface area (Å²) in [6.07, 6.45) is 5.90. The number of Topliss-reactive ketones (excluding diaryl/α,β-unsaturated/α-hetero) is 2. The molecule has 1 aromatic carbocycles. The number of piperazine rings is 1. The number of aryl methyl sites for hydroxylation is 1. The van der Waals surface area contributed by atoms with Gasteiger partial charge in [0.1, 0.15) is 0 Å².